The van der Waals surface area contributed by atoms with Crippen LogP contribution in [-0.2, 0) is 0 Å². The zero-order valence-corrected chi connectivity index (χ0v) is 18.6. The van der Waals surface area contributed by atoms with E-state index in [1.807, 2.05) is 0 Å². The molecule has 144 valence electrons. The van der Waals surface area contributed by atoms with Crippen LogP contribution in [0.3, 0.4) is 0 Å². The van der Waals surface area contributed by atoms with Gasteiger partial charge in [-0.15, -0.1) is 0 Å². The third-order valence-corrected chi connectivity index (χ3v) is 3.71. The van der Waals surface area contributed by atoms with Crippen LogP contribution in [0.15, 0.2) is 46.6 Å². The molecule has 0 bridgehead atoms. The second-order valence-electron chi connectivity index (χ2n) is 7.07. The summed E-state index contributed by atoms with van der Waals surface area (Å²) >= 11 is 4.31. The van der Waals surface area contributed by atoms with E-state index >= 15 is 0 Å². The summed E-state index contributed by atoms with van der Waals surface area (Å²) in [6.45, 7) is 15.0. The minimum Gasteiger partial charge on any atom is -0.394 e. The van der Waals surface area contributed by atoms with Crippen LogP contribution in [0.25, 0.3) is 0 Å². The molecule has 0 heterocycles. The minimum absolute atomic E-state index is 0.500. The third kappa shape index (κ3) is 25.2. The first-order valence-electron chi connectivity index (χ1n) is 9.55. The standard InChI is InChI=1S/C21H36.C2H5NS/c1-7-11-19(4)14-9-15-21(6)17-10-16-20(5)13-8-12-18(2)3;1-2(3)4/h11-12,15-16H,7-10,13-14,17H2,1-6H3;1H3,(H2,3,4)/b19-11+,20-16+,21-15+;. The van der Waals surface area contributed by atoms with Crippen molar-refractivity contribution in [3.05, 3.63) is 46.6 Å². The van der Waals surface area contributed by atoms with Crippen LogP contribution in [-0.4, -0.2) is 4.99 Å². The van der Waals surface area contributed by atoms with Gasteiger partial charge in [-0.1, -0.05) is 65.7 Å². The van der Waals surface area contributed by atoms with Gasteiger partial charge in [-0.2, -0.15) is 0 Å². The quantitative estimate of drug-likeness (QED) is 0.316. The van der Waals surface area contributed by atoms with Gasteiger partial charge in [0.1, 0.15) is 0 Å². The molecule has 0 saturated heterocycles. The van der Waals surface area contributed by atoms with E-state index in [0.717, 1.165) is 6.42 Å². The Morgan fingerprint density at radius 3 is 1.32 bits per heavy atom. The Balaban J connectivity index is 0. The highest BCUT2D eigenvalue weighted by atomic mass is 32.1. The summed E-state index contributed by atoms with van der Waals surface area (Å²) in [6, 6.07) is 0. The number of thiocarbonyl (C=S) groups is 1. The van der Waals surface area contributed by atoms with Crippen LogP contribution in [0, 0.1) is 0 Å². The predicted molar refractivity (Wildman–Crippen MR) is 121 cm³/mol. The molecule has 0 rings (SSSR count). The fourth-order valence-electron chi connectivity index (χ4n) is 2.34. The number of hydrogen-bond acceptors (Lipinski definition) is 1. The zero-order chi connectivity index (χ0) is 19.7. The summed E-state index contributed by atoms with van der Waals surface area (Å²) < 4.78 is 0. The normalized spacial score (nSPS) is 12.4. The molecule has 2 N–H and O–H groups in total. The maximum Gasteiger partial charge on any atom is 0.0695 e. The average molecular weight is 364 g/mol. The first-order chi connectivity index (χ1) is 11.7. The molecule has 0 radical (unpaired) electrons. The van der Waals surface area contributed by atoms with Crippen molar-refractivity contribution in [2.45, 2.75) is 93.4 Å². The fourth-order valence-corrected chi connectivity index (χ4v) is 2.34. The average Bonchev–Trinajstić information content (AvgIpc) is 2.46. The van der Waals surface area contributed by atoms with Gasteiger partial charge in [0.15, 0.2) is 0 Å². The van der Waals surface area contributed by atoms with Gasteiger partial charge < -0.3 is 5.73 Å². The highest BCUT2D eigenvalue weighted by molar-refractivity contribution is 7.80. The second kappa shape index (κ2) is 17.7. The van der Waals surface area contributed by atoms with Crippen molar-refractivity contribution in [2.75, 3.05) is 0 Å². The fraction of sp³-hybridized carbons (Fsp3) is 0.609. The lowest BCUT2D eigenvalue weighted by Gasteiger charge is -2.02. The first-order valence-corrected chi connectivity index (χ1v) is 9.96. The van der Waals surface area contributed by atoms with Crippen molar-refractivity contribution < 1.29 is 0 Å². The van der Waals surface area contributed by atoms with Gasteiger partial charge in [0, 0.05) is 0 Å². The molecule has 0 aromatic heterocycles. The van der Waals surface area contributed by atoms with Gasteiger partial charge in [-0.3, -0.25) is 0 Å². The second-order valence-corrected chi connectivity index (χ2v) is 7.71. The monoisotopic (exact) mass is 363 g/mol. The molecular weight excluding hydrogens is 322 g/mol. The van der Waals surface area contributed by atoms with Crippen LogP contribution in [0.4, 0.5) is 0 Å². The van der Waals surface area contributed by atoms with E-state index in [0.29, 0.717) is 4.99 Å². The van der Waals surface area contributed by atoms with Crippen LogP contribution in [0.1, 0.15) is 93.4 Å². The van der Waals surface area contributed by atoms with Crippen LogP contribution < -0.4 is 5.73 Å². The first kappa shape index (κ1) is 26.1. The Kier molecular flexibility index (Phi) is 18.4. The van der Waals surface area contributed by atoms with Gasteiger partial charge in [0.05, 0.1) is 4.99 Å². The maximum absolute atomic E-state index is 4.84. The lowest BCUT2D eigenvalue weighted by molar-refractivity contribution is 0.897. The van der Waals surface area contributed by atoms with E-state index < -0.39 is 0 Å². The minimum atomic E-state index is 0.500. The maximum atomic E-state index is 4.84. The Morgan fingerprint density at radius 2 is 1.00 bits per heavy atom. The Labute approximate surface area is 163 Å². The van der Waals surface area contributed by atoms with Gasteiger partial charge >= 0.3 is 0 Å². The number of nitrogens with two attached hydrogens (primary N) is 1. The molecule has 0 saturated carbocycles. The molecule has 0 atom stereocenters. The van der Waals surface area contributed by atoms with Crippen LogP contribution in [0.5, 0.6) is 0 Å². The number of hydrogen-bond donors (Lipinski definition) is 1. The molecule has 0 aromatic rings. The van der Waals surface area contributed by atoms with Crippen LogP contribution in [0.2, 0.25) is 0 Å². The van der Waals surface area contributed by atoms with Crippen molar-refractivity contribution in [3.63, 3.8) is 0 Å². The number of rotatable bonds is 10. The smallest absolute Gasteiger partial charge is 0.0695 e. The van der Waals surface area contributed by atoms with Crippen molar-refractivity contribution in [1.29, 1.82) is 0 Å². The van der Waals surface area contributed by atoms with Crippen molar-refractivity contribution in [3.8, 4) is 0 Å². The molecule has 0 spiro atoms. The highest BCUT2D eigenvalue weighted by Crippen LogP contribution is 2.13. The van der Waals surface area contributed by atoms with Gasteiger partial charge in [0.25, 0.3) is 0 Å². The van der Waals surface area contributed by atoms with E-state index in [-0.39, 0.29) is 0 Å². The van der Waals surface area contributed by atoms with Crippen molar-refractivity contribution in [2.24, 2.45) is 5.73 Å². The van der Waals surface area contributed by atoms with Crippen molar-refractivity contribution in [1.82, 2.24) is 0 Å². The Bertz CT molecular complexity index is 470. The molecule has 2 heteroatoms. The van der Waals surface area contributed by atoms with E-state index in [4.69, 9.17) is 5.73 Å². The third-order valence-electron chi connectivity index (χ3n) is 3.71. The lowest BCUT2D eigenvalue weighted by Crippen LogP contribution is -1.98. The van der Waals surface area contributed by atoms with Crippen LogP contribution >= 0.6 is 12.2 Å². The lowest BCUT2D eigenvalue weighted by atomic mass is 10.0. The molecule has 0 aliphatic heterocycles. The van der Waals surface area contributed by atoms with Gasteiger partial charge in [-0.05, 0) is 86.5 Å². The van der Waals surface area contributed by atoms with Crippen molar-refractivity contribution >= 4 is 17.2 Å². The molecule has 0 aliphatic carbocycles. The van der Waals surface area contributed by atoms with Gasteiger partial charge in [-0.25, -0.2) is 0 Å². The largest absolute Gasteiger partial charge is 0.394 e. The summed E-state index contributed by atoms with van der Waals surface area (Å²) in [5.41, 5.74) is 10.9. The summed E-state index contributed by atoms with van der Waals surface area (Å²) in [4.78, 5) is 0.500. The van der Waals surface area contributed by atoms with E-state index in [2.05, 4.69) is 78.1 Å². The van der Waals surface area contributed by atoms with E-state index in [9.17, 15) is 0 Å². The van der Waals surface area contributed by atoms with E-state index in [1.165, 1.54) is 60.8 Å². The summed E-state index contributed by atoms with van der Waals surface area (Å²) in [5, 5.41) is 0. The molecule has 1 nitrogen and oxygen atoms in total. The molecule has 0 unspecified atom stereocenters. The SMILES string of the molecule is CC(N)=S.CC/C=C(\C)CC/C=C(\C)CC/C=C(\C)CCC=C(C)C. The molecular formula is C23H41NS. The molecule has 0 aromatic carbocycles. The van der Waals surface area contributed by atoms with E-state index in [1.54, 1.807) is 6.92 Å². The molecule has 0 aliphatic rings. The number of allylic oxidation sites excluding steroid dienone is 8. The topological polar surface area (TPSA) is 26.0 Å². The molecule has 0 amide bonds. The predicted octanol–water partition coefficient (Wildman–Crippen LogP) is 7.83. The molecule has 25 heavy (non-hydrogen) atoms. The molecule has 0 fully saturated rings. The summed E-state index contributed by atoms with van der Waals surface area (Å²) in [7, 11) is 0. The Morgan fingerprint density at radius 1 is 0.680 bits per heavy atom. The summed E-state index contributed by atoms with van der Waals surface area (Å²) in [6.07, 6.45) is 17.8. The zero-order valence-electron chi connectivity index (χ0n) is 17.7. The Hall–Kier alpha value is -1.15. The highest BCUT2D eigenvalue weighted by Gasteiger charge is 1.93. The summed E-state index contributed by atoms with van der Waals surface area (Å²) in [5.74, 6) is 0. The van der Waals surface area contributed by atoms with Gasteiger partial charge in [0.2, 0.25) is 0 Å².